The Hall–Kier alpha value is -3.54. The molecule has 0 unspecified atom stereocenters. The van der Waals surface area contributed by atoms with Gasteiger partial charge in [-0.25, -0.2) is 9.97 Å². The van der Waals surface area contributed by atoms with Crippen LogP contribution in [0.4, 0.5) is 11.9 Å². The second-order valence-electron chi connectivity index (χ2n) is 6.44. The Morgan fingerprint density at radius 3 is 1.96 bits per heavy atom. The SMILES string of the molecule is c1ccc(-c2nc(-c3ccccc3)nc(N3CCCn4ccnc43)n2)cc1. The monoisotopic (exact) mass is 354 g/mol. The van der Waals surface area contributed by atoms with Crippen LogP contribution in [0.3, 0.4) is 0 Å². The maximum atomic E-state index is 4.78. The summed E-state index contributed by atoms with van der Waals surface area (Å²) in [6.07, 6.45) is 4.85. The molecule has 5 rings (SSSR count). The summed E-state index contributed by atoms with van der Waals surface area (Å²) in [7, 11) is 0. The average Bonchev–Trinajstić information content (AvgIpc) is 3.24. The van der Waals surface area contributed by atoms with Crippen LogP contribution in [0, 0.1) is 0 Å². The Bertz CT molecular complexity index is 1000. The van der Waals surface area contributed by atoms with E-state index in [1.54, 1.807) is 0 Å². The summed E-state index contributed by atoms with van der Waals surface area (Å²) in [5.74, 6) is 2.85. The number of anilines is 2. The third-order valence-corrected chi connectivity index (χ3v) is 4.64. The van der Waals surface area contributed by atoms with Crippen molar-refractivity contribution in [2.75, 3.05) is 11.4 Å². The molecule has 6 heteroatoms. The van der Waals surface area contributed by atoms with Gasteiger partial charge in [-0.1, -0.05) is 60.7 Å². The lowest BCUT2D eigenvalue weighted by Gasteiger charge is -2.27. The first-order valence-corrected chi connectivity index (χ1v) is 9.04. The minimum atomic E-state index is 0.634. The van der Waals surface area contributed by atoms with Crippen molar-refractivity contribution >= 4 is 11.9 Å². The van der Waals surface area contributed by atoms with Gasteiger partial charge in [0.1, 0.15) is 0 Å². The number of nitrogens with zero attached hydrogens (tertiary/aromatic N) is 6. The van der Waals surface area contributed by atoms with Gasteiger partial charge >= 0.3 is 0 Å². The van der Waals surface area contributed by atoms with Crippen LogP contribution in [-0.4, -0.2) is 31.0 Å². The Morgan fingerprint density at radius 2 is 1.33 bits per heavy atom. The molecular weight excluding hydrogens is 336 g/mol. The van der Waals surface area contributed by atoms with E-state index in [-0.39, 0.29) is 0 Å². The van der Waals surface area contributed by atoms with E-state index in [2.05, 4.69) is 14.5 Å². The standard InChI is InChI=1S/C21H18N6/c1-3-8-16(9-4-1)18-23-19(17-10-5-2-6-11-17)25-20(24-18)27-14-7-13-26-15-12-22-21(26)27/h1-6,8-12,15H,7,13-14H2. The van der Waals surface area contributed by atoms with E-state index in [0.717, 1.165) is 36.6 Å². The molecule has 0 amide bonds. The van der Waals surface area contributed by atoms with E-state index in [1.165, 1.54) is 0 Å². The van der Waals surface area contributed by atoms with Gasteiger partial charge in [-0.15, -0.1) is 0 Å². The van der Waals surface area contributed by atoms with E-state index >= 15 is 0 Å². The fraction of sp³-hybridized carbons (Fsp3) is 0.143. The molecule has 1 aliphatic heterocycles. The van der Waals surface area contributed by atoms with Gasteiger partial charge in [-0.2, -0.15) is 9.97 Å². The lowest BCUT2D eigenvalue weighted by molar-refractivity contribution is 0.585. The van der Waals surface area contributed by atoms with Gasteiger partial charge in [-0.3, -0.25) is 4.90 Å². The van der Waals surface area contributed by atoms with Gasteiger partial charge in [0.15, 0.2) is 11.6 Å². The summed E-state index contributed by atoms with van der Waals surface area (Å²) in [5, 5.41) is 0. The third-order valence-electron chi connectivity index (χ3n) is 4.64. The summed E-state index contributed by atoms with van der Waals surface area (Å²) < 4.78 is 2.14. The highest BCUT2D eigenvalue weighted by atomic mass is 15.4. The van der Waals surface area contributed by atoms with Gasteiger partial charge in [-0.05, 0) is 6.42 Å². The van der Waals surface area contributed by atoms with Crippen LogP contribution < -0.4 is 4.90 Å². The number of hydrogen-bond acceptors (Lipinski definition) is 5. The molecule has 0 aliphatic carbocycles. The van der Waals surface area contributed by atoms with Crippen molar-refractivity contribution in [1.29, 1.82) is 0 Å². The number of fused-ring (bicyclic) bond motifs is 1. The van der Waals surface area contributed by atoms with E-state index in [4.69, 9.17) is 15.0 Å². The smallest absolute Gasteiger partial charge is 0.236 e. The first-order chi connectivity index (χ1) is 13.4. The lowest BCUT2D eigenvalue weighted by Crippen LogP contribution is -2.29. The highest BCUT2D eigenvalue weighted by Crippen LogP contribution is 2.28. The maximum Gasteiger partial charge on any atom is 0.236 e. The molecule has 132 valence electrons. The number of hydrogen-bond donors (Lipinski definition) is 0. The Morgan fingerprint density at radius 1 is 0.704 bits per heavy atom. The van der Waals surface area contributed by atoms with Crippen LogP contribution in [-0.2, 0) is 6.54 Å². The molecule has 1 aliphatic rings. The zero-order chi connectivity index (χ0) is 18.1. The van der Waals surface area contributed by atoms with E-state index in [0.29, 0.717) is 17.6 Å². The molecular formula is C21H18N6. The maximum absolute atomic E-state index is 4.78. The minimum Gasteiger partial charge on any atom is -0.317 e. The second-order valence-corrected chi connectivity index (χ2v) is 6.44. The number of aryl methyl sites for hydroxylation is 1. The second kappa shape index (κ2) is 6.64. The van der Waals surface area contributed by atoms with Crippen molar-refractivity contribution in [3.63, 3.8) is 0 Å². The van der Waals surface area contributed by atoms with Gasteiger partial charge < -0.3 is 4.57 Å². The third kappa shape index (κ3) is 2.95. The fourth-order valence-corrected chi connectivity index (χ4v) is 3.33. The Kier molecular flexibility index (Phi) is 3.86. The van der Waals surface area contributed by atoms with Crippen LogP contribution in [0.2, 0.25) is 0 Å². The Balaban J connectivity index is 1.68. The van der Waals surface area contributed by atoms with Crippen LogP contribution in [0.1, 0.15) is 6.42 Å². The summed E-state index contributed by atoms with van der Waals surface area (Å²) in [6, 6.07) is 20.0. The van der Waals surface area contributed by atoms with Crippen molar-refractivity contribution in [1.82, 2.24) is 24.5 Å². The molecule has 0 saturated heterocycles. The fourth-order valence-electron chi connectivity index (χ4n) is 3.33. The zero-order valence-electron chi connectivity index (χ0n) is 14.7. The van der Waals surface area contributed by atoms with Gasteiger partial charge in [0.05, 0.1) is 0 Å². The number of aromatic nitrogens is 5. The first-order valence-electron chi connectivity index (χ1n) is 9.04. The predicted molar refractivity (Wildman–Crippen MR) is 105 cm³/mol. The van der Waals surface area contributed by atoms with Crippen LogP contribution in [0.25, 0.3) is 22.8 Å². The summed E-state index contributed by atoms with van der Waals surface area (Å²) in [6.45, 7) is 1.80. The van der Waals surface area contributed by atoms with E-state index in [9.17, 15) is 0 Å². The molecule has 0 spiro atoms. The molecule has 6 nitrogen and oxygen atoms in total. The van der Waals surface area contributed by atoms with E-state index in [1.807, 2.05) is 73.1 Å². The van der Waals surface area contributed by atoms with Crippen molar-refractivity contribution in [3.8, 4) is 22.8 Å². The molecule has 27 heavy (non-hydrogen) atoms. The normalized spacial score (nSPS) is 13.4. The molecule has 3 heterocycles. The number of benzene rings is 2. The van der Waals surface area contributed by atoms with Gasteiger partial charge in [0, 0.05) is 36.6 Å². The quantitative estimate of drug-likeness (QED) is 0.558. The number of rotatable bonds is 3. The molecule has 0 saturated carbocycles. The molecule has 4 aromatic rings. The highest BCUT2D eigenvalue weighted by Gasteiger charge is 2.23. The number of imidazole rings is 1. The summed E-state index contributed by atoms with van der Waals surface area (Å²) in [4.78, 5) is 20.9. The summed E-state index contributed by atoms with van der Waals surface area (Å²) in [5.41, 5.74) is 1.94. The largest absolute Gasteiger partial charge is 0.317 e. The van der Waals surface area contributed by atoms with Crippen molar-refractivity contribution in [2.24, 2.45) is 0 Å². The molecule has 2 aromatic heterocycles. The zero-order valence-corrected chi connectivity index (χ0v) is 14.7. The van der Waals surface area contributed by atoms with Gasteiger partial charge in [0.25, 0.3) is 0 Å². The molecule has 0 atom stereocenters. The molecule has 0 N–H and O–H groups in total. The van der Waals surface area contributed by atoms with Crippen LogP contribution in [0.15, 0.2) is 73.1 Å². The molecule has 2 aromatic carbocycles. The topological polar surface area (TPSA) is 59.7 Å². The van der Waals surface area contributed by atoms with Crippen molar-refractivity contribution in [3.05, 3.63) is 73.1 Å². The van der Waals surface area contributed by atoms with Crippen LogP contribution >= 0.6 is 0 Å². The molecule has 0 fully saturated rings. The molecule has 0 radical (unpaired) electrons. The predicted octanol–water partition coefficient (Wildman–Crippen LogP) is 3.94. The molecule has 0 bridgehead atoms. The first kappa shape index (κ1) is 15.7. The van der Waals surface area contributed by atoms with Gasteiger partial charge in [0.2, 0.25) is 11.9 Å². The Labute approximate surface area is 157 Å². The minimum absolute atomic E-state index is 0.634. The van der Waals surface area contributed by atoms with Crippen LogP contribution in [0.5, 0.6) is 0 Å². The van der Waals surface area contributed by atoms with Crippen molar-refractivity contribution in [2.45, 2.75) is 13.0 Å². The lowest BCUT2D eigenvalue weighted by atomic mass is 10.2. The average molecular weight is 354 g/mol. The highest BCUT2D eigenvalue weighted by molar-refractivity contribution is 5.64. The summed E-state index contributed by atoms with van der Waals surface area (Å²) >= 11 is 0. The van der Waals surface area contributed by atoms with E-state index < -0.39 is 0 Å². The van der Waals surface area contributed by atoms with Crippen molar-refractivity contribution < 1.29 is 0 Å².